The molecule has 0 aromatic rings. The van der Waals surface area contributed by atoms with Crippen LogP contribution in [0.5, 0.6) is 0 Å². The monoisotopic (exact) mass is 212 g/mol. The summed E-state index contributed by atoms with van der Waals surface area (Å²) in [6.45, 7) is 0.681. The zero-order valence-corrected chi connectivity index (χ0v) is 9.04. The Labute approximate surface area is 90.4 Å². The molecule has 0 aliphatic heterocycles. The van der Waals surface area contributed by atoms with Gasteiger partial charge in [0.05, 0.1) is 6.10 Å². The van der Waals surface area contributed by atoms with Gasteiger partial charge in [-0.3, -0.25) is 4.79 Å². The third-order valence-electron chi connectivity index (χ3n) is 3.18. The SMILES string of the molecule is O=C(CCNC1CCCC1O)NC1CC1. The molecule has 2 aliphatic carbocycles. The summed E-state index contributed by atoms with van der Waals surface area (Å²) in [7, 11) is 0. The number of hydrogen-bond donors (Lipinski definition) is 3. The molecule has 1 amide bonds. The number of aliphatic hydroxyl groups excluding tert-OH is 1. The molecule has 0 aromatic carbocycles. The molecule has 4 heteroatoms. The Kier molecular flexibility index (Phi) is 3.59. The average molecular weight is 212 g/mol. The first-order chi connectivity index (χ1) is 7.25. The molecule has 2 aliphatic rings. The first kappa shape index (κ1) is 10.9. The molecule has 0 aromatic heterocycles. The van der Waals surface area contributed by atoms with Gasteiger partial charge in [-0.1, -0.05) is 0 Å². The van der Waals surface area contributed by atoms with Crippen molar-refractivity contribution in [1.82, 2.24) is 10.6 Å². The van der Waals surface area contributed by atoms with Crippen molar-refractivity contribution in [2.24, 2.45) is 0 Å². The van der Waals surface area contributed by atoms with Crippen LogP contribution >= 0.6 is 0 Å². The summed E-state index contributed by atoms with van der Waals surface area (Å²) < 4.78 is 0. The van der Waals surface area contributed by atoms with E-state index in [4.69, 9.17) is 0 Å². The highest BCUT2D eigenvalue weighted by molar-refractivity contribution is 5.76. The van der Waals surface area contributed by atoms with Crippen molar-refractivity contribution in [3.63, 3.8) is 0 Å². The maximum atomic E-state index is 11.3. The van der Waals surface area contributed by atoms with Gasteiger partial charge in [-0.2, -0.15) is 0 Å². The smallest absolute Gasteiger partial charge is 0.221 e. The number of carbonyl (C=O) groups excluding carboxylic acids is 1. The highest BCUT2D eigenvalue weighted by Crippen LogP contribution is 2.19. The van der Waals surface area contributed by atoms with Gasteiger partial charge in [0.15, 0.2) is 0 Å². The Morgan fingerprint density at radius 3 is 2.67 bits per heavy atom. The van der Waals surface area contributed by atoms with E-state index in [1.54, 1.807) is 0 Å². The van der Waals surface area contributed by atoms with Gasteiger partial charge in [0, 0.05) is 25.0 Å². The molecule has 0 spiro atoms. The number of nitrogens with one attached hydrogen (secondary N) is 2. The maximum Gasteiger partial charge on any atom is 0.221 e. The summed E-state index contributed by atoms with van der Waals surface area (Å²) in [5.74, 6) is 0.137. The number of amides is 1. The first-order valence-corrected chi connectivity index (χ1v) is 5.96. The molecule has 0 bridgehead atoms. The predicted molar refractivity (Wildman–Crippen MR) is 57.4 cm³/mol. The lowest BCUT2D eigenvalue weighted by molar-refractivity contribution is -0.121. The molecule has 15 heavy (non-hydrogen) atoms. The van der Waals surface area contributed by atoms with Crippen LogP contribution in [0.15, 0.2) is 0 Å². The second-order valence-electron chi connectivity index (χ2n) is 4.65. The predicted octanol–water partition coefficient (Wildman–Crippen LogP) is 0.158. The van der Waals surface area contributed by atoms with Gasteiger partial charge in [0.25, 0.3) is 0 Å². The molecule has 4 nitrogen and oxygen atoms in total. The van der Waals surface area contributed by atoms with E-state index in [1.165, 1.54) is 0 Å². The van der Waals surface area contributed by atoms with E-state index < -0.39 is 0 Å². The van der Waals surface area contributed by atoms with E-state index in [0.29, 0.717) is 19.0 Å². The van der Waals surface area contributed by atoms with E-state index >= 15 is 0 Å². The van der Waals surface area contributed by atoms with Gasteiger partial charge >= 0.3 is 0 Å². The van der Waals surface area contributed by atoms with Crippen LogP contribution in [-0.4, -0.2) is 35.7 Å². The van der Waals surface area contributed by atoms with E-state index in [9.17, 15) is 9.90 Å². The van der Waals surface area contributed by atoms with Crippen LogP contribution in [0.25, 0.3) is 0 Å². The van der Waals surface area contributed by atoms with Crippen molar-refractivity contribution in [1.29, 1.82) is 0 Å². The Balaban J connectivity index is 1.55. The third kappa shape index (κ3) is 3.47. The molecular formula is C11H20N2O2. The first-order valence-electron chi connectivity index (χ1n) is 5.96. The summed E-state index contributed by atoms with van der Waals surface area (Å²) in [5, 5.41) is 15.7. The average Bonchev–Trinajstić information content (AvgIpc) is 2.91. The van der Waals surface area contributed by atoms with Crippen LogP contribution in [-0.2, 0) is 4.79 Å². The Morgan fingerprint density at radius 2 is 2.07 bits per heavy atom. The van der Waals surface area contributed by atoms with Crippen molar-refractivity contribution < 1.29 is 9.90 Å². The fourth-order valence-electron chi connectivity index (χ4n) is 2.08. The van der Waals surface area contributed by atoms with Crippen LogP contribution in [0.2, 0.25) is 0 Å². The van der Waals surface area contributed by atoms with Gasteiger partial charge in [-0.25, -0.2) is 0 Å². The zero-order chi connectivity index (χ0) is 10.7. The topological polar surface area (TPSA) is 61.4 Å². The van der Waals surface area contributed by atoms with E-state index in [0.717, 1.165) is 32.1 Å². The summed E-state index contributed by atoms with van der Waals surface area (Å²) in [6.07, 6.45) is 5.61. The van der Waals surface area contributed by atoms with Crippen LogP contribution in [0, 0.1) is 0 Å². The van der Waals surface area contributed by atoms with Crippen molar-refractivity contribution in [2.75, 3.05) is 6.54 Å². The van der Waals surface area contributed by atoms with Gasteiger partial charge in [0.2, 0.25) is 5.91 Å². The molecule has 2 rings (SSSR count). The zero-order valence-electron chi connectivity index (χ0n) is 9.04. The molecule has 0 saturated heterocycles. The fraction of sp³-hybridized carbons (Fsp3) is 0.909. The highest BCUT2D eigenvalue weighted by Gasteiger charge is 2.25. The third-order valence-corrected chi connectivity index (χ3v) is 3.18. The molecular weight excluding hydrogens is 192 g/mol. The Morgan fingerprint density at radius 1 is 1.27 bits per heavy atom. The van der Waals surface area contributed by atoms with Gasteiger partial charge in [-0.05, 0) is 32.1 Å². The van der Waals surface area contributed by atoms with E-state index in [1.807, 2.05) is 0 Å². The molecule has 2 fully saturated rings. The van der Waals surface area contributed by atoms with Crippen molar-refractivity contribution in [3.8, 4) is 0 Å². The highest BCUT2D eigenvalue weighted by atomic mass is 16.3. The van der Waals surface area contributed by atoms with Crippen molar-refractivity contribution >= 4 is 5.91 Å². The standard InChI is InChI=1S/C11H20N2O2/c14-10-3-1-2-9(10)12-7-6-11(15)13-8-4-5-8/h8-10,12,14H,1-7H2,(H,13,15). The molecule has 2 saturated carbocycles. The van der Waals surface area contributed by atoms with Crippen molar-refractivity contribution in [3.05, 3.63) is 0 Å². The lowest BCUT2D eigenvalue weighted by atomic mass is 10.2. The minimum absolute atomic E-state index is 0.137. The van der Waals surface area contributed by atoms with Gasteiger partial charge in [-0.15, -0.1) is 0 Å². The van der Waals surface area contributed by atoms with E-state index in [2.05, 4.69) is 10.6 Å². The lowest BCUT2D eigenvalue weighted by Crippen LogP contribution is -2.38. The van der Waals surface area contributed by atoms with Crippen molar-refractivity contribution in [2.45, 2.75) is 56.7 Å². The lowest BCUT2D eigenvalue weighted by Gasteiger charge is -2.15. The number of carbonyl (C=O) groups is 1. The second kappa shape index (κ2) is 4.94. The van der Waals surface area contributed by atoms with Crippen LogP contribution in [0.3, 0.4) is 0 Å². The Bertz CT molecular complexity index is 229. The number of rotatable bonds is 5. The number of hydrogen-bond acceptors (Lipinski definition) is 3. The van der Waals surface area contributed by atoms with Gasteiger partial charge in [0.1, 0.15) is 0 Å². The minimum Gasteiger partial charge on any atom is -0.392 e. The molecule has 0 heterocycles. The summed E-state index contributed by atoms with van der Waals surface area (Å²) in [4.78, 5) is 11.3. The fourth-order valence-corrected chi connectivity index (χ4v) is 2.08. The summed E-state index contributed by atoms with van der Waals surface area (Å²) in [5.41, 5.74) is 0. The summed E-state index contributed by atoms with van der Waals surface area (Å²) in [6, 6.07) is 0.660. The molecule has 2 unspecified atom stereocenters. The maximum absolute atomic E-state index is 11.3. The molecule has 86 valence electrons. The summed E-state index contributed by atoms with van der Waals surface area (Å²) >= 11 is 0. The number of aliphatic hydroxyl groups is 1. The second-order valence-corrected chi connectivity index (χ2v) is 4.65. The minimum atomic E-state index is -0.212. The quantitative estimate of drug-likeness (QED) is 0.608. The Hall–Kier alpha value is -0.610. The van der Waals surface area contributed by atoms with E-state index in [-0.39, 0.29) is 18.1 Å². The van der Waals surface area contributed by atoms with Crippen LogP contribution in [0.1, 0.15) is 38.5 Å². The molecule has 2 atom stereocenters. The van der Waals surface area contributed by atoms with Crippen LogP contribution in [0.4, 0.5) is 0 Å². The van der Waals surface area contributed by atoms with Crippen LogP contribution < -0.4 is 10.6 Å². The molecule has 0 radical (unpaired) electrons. The largest absolute Gasteiger partial charge is 0.392 e. The molecule has 3 N–H and O–H groups in total. The normalized spacial score (nSPS) is 30.5. The van der Waals surface area contributed by atoms with Gasteiger partial charge < -0.3 is 15.7 Å².